The zero-order chi connectivity index (χ0) is 18.6. The zero-order valence-electron chi connectivity index (χ0n) is 15.0. The summed E-state index contributed by atoms with van der Waals surface area (Å²) in [5, 5.41) is 2.83. The molecule has 5 heteroatoms. The van der Waals surface area contributed by atoms with E-state index in [1.807, 2.05) is 36.4 Å². The van der Waals surface area contributed by atoms with E-state index in [4.69, 9.17) is 11.6 Å². The highest BCUT2D eigenvalue weighted by molar-refractivity contribution is 7.85. The molecule has 2 rings (SSSR count). The van der Waals surface area contributed by atoms with Crippen LogP contribution in [0.4, 0.5) is 5.69 Å². The van der Waals surface area contributed by atoms with Gasteiger partial charge >= 0.3 is 0 Å². The molecule has 1 amide bonds. The van der Waals surface area contributed by atoms with E-state index in [1.54, 1.807) is 19.1 Å². The summed E-state index contributed by atoms with van der Waals surface area (Å²) < 4.78 is 12.4. The number of rotatable bonds is 5. The van der Waals surface area contributed by atoms with E-state index in [1.165, 1.54) is 5.56 Å². The van der Waals surface area contributed by atoms with Gasteiger partial charge in [0.25, 0.3) is 0 Å². The molecule has 2 aromatic rings. The summed E-state index contributed by atoms with van der Waals surface area (Å²) in [6.07, 6.45) is 0. The van der Waals surface area contributed by atoms with Crippen molar-refractivity contribution in [2.75, 3.05) is 5.32 Å². The first-order chi connectivity index (χ1) is 11.7. The van der Waals surface area contributed by atoms with E-state index >= 15 is 0 Å². The first-order valence-electron chi connectivity index (χ1n) is 8.20. The minimum atomic E-state index is -1.32. The van der Waals surface area contributed by atoms with Crippen molar-refractivity contribution in [3.8, 4) is 0 Å². The van der Waals surface area contributed by atoms with Gasteiger partial charge in [-0.1, -0.05) is 56.6 Å². The molecule has 134 valence electrons. The van der Waals surface area contributed by atoms with Crippen molar-refractivity contribution in [3.63, 3.8) is 0 Å². The van der Waals surface area contributed by atoms with Crippen LogP contribution in [-0.2, 0) is 26.8 Å². The van der Waals surface area contributed by atoms with Gasteiger partial charge in [0.15, 0.2) is 0 Å². The number of nitrogens with one attached hydrogen (secondary N) is 1. The summed E-state index contributed by atoms with van der Waals surface area (Å²) in [7, 11) is -1.32. The number of amides is 1. The number of carbonyl (C=O) groups excluding carboxylic acids is 1. The minimum absolute atomic E-state index is 0.0638. The number of carbonyl (C=O) groups is 1. The van der Waals surface area contributed by atoms with Gasteiger partial charge in [-0.05, 0) is 47.7 Å². The molecule has 0 saturated carbocycles. The van der Waals surface area contributed by atoms with Gasteiger partial charge in [-0.15, -0.1) is 0 Å². The normalized spacial score (nSPS) is 14.0. The zero-order valence-corrected chi connectivity index (χ0v) is 16.6. The molecule has 1 N–H and O–H groups in total. The second kappa shape index (κ2) is 8.15. The van der Waals surface area contributed by atoms with Crippen molar-refractivity contribution in [2.24, 2.45) is 0 Å². The minimum Gasteiger partial charge on any atom is -0.325 e. The number of hydrogen-bond acceptors (Lipinski definition) is 2. The van der Waals surface area contributed by atoms with Gasteiger partial charge in [0.1, 0.15) is 5.25 Å². The summed E-state index contributed by atoms with van der Waals surface area (Å²) in [6.45, 7) is 8.10. The van der Waals surface area contributed by atoms with Gasteiger partial charge in [-0.3, -0.25) is 9.00 Å². The Labute approximate surface area is 157 Å². The third-order valence-electron chi connectivity index (χ3n) is 3.98. The summed E-state index contributed by atoms with van der Waals surface area (Å²) in [4.78, 5) is 12.4. The lowest BCUT2D eigenvalue weighted by molar-refractivity contribution is -0.115. The number of hydrogen-bond donors (Lipinski definition) is 1. The fourth-order valence-corrected chi connectivity index (χ4v) is 3.60. The molecule has 0 spiro atoms. The average molecular weight is 378 g/mol. The Morgan fingerprint density at radius 1 is 1.16 bits per heavy atom. The van der Waals surface area contributed by atoms with Crippen molar-refractivity contribution in [1.82, 2.24) is 0 Å². The van der Waals surface area contributed by atoms with Crippen molar-refractivity contribution in [1.29, 1.82) is 0 Å². The smallest absolute Gasteiger partial charge is 0.239 e. The second-order valence-corrected chi connectivity index (χ2v) is 9.31. The van der Waals surface area contributed by atoms with Crippen LogP contribution in [0.3, 0.4) is 0 Å². The quantitative estimate of drug-likeness (QED) is 0.804. The van der Waals surface area contributed by atoms with Crippen LogP contribution >= 0.6 is 11.6 Å². The van der Waals surface area contributed by atoms with Crippen LogP contribution in [0.2, 0.25) is 5.02 Å². The third kappa shape index (κ3) is 5.68. The van der Waals surface area contributed by atoms with E-state index < -0.39 is 16.0 Å². The highest BCUT2D eigenvalue weighted by atomic mass is 35.5. The molecule has 3 nitrogen and oxygen atoms in total. The van der Waals surface area contributed by atoms with Crippen LogP contribution < -0.4 is 5.32 Å². The van der Waals surface area contributed by atoms with E-state index in [2.05, 4.69) is 26.1 Å². The van der Waals surface area contributed by atoms with Crippen molar-refractivity contribution < 1.29 is 9.00 Å². The Morgan fingerprint density at radius 3 is 2.36 bits per heavy atom. The van der Waals surface area contributed by atoms with Crippen LogP contribution in [0, 0.1) is 0 Å². The molecule has 0 unspecified atom stereocenters. The van der Waals surface area contributed by atoms with Gasteiger partial charge < -0.3 is 5.32 Å². The predicted molar refractivity (Wildman–Crippen MR) is 107 cm³/mol. The summed E-state index contributed by atoms with van der Waals surface area (Å²) >= 11 is 5.94. The summed E-state index contributed by atoms with van der Waals surface area (Å²) in [5.41, 5.74) is 2.83. The van der Waals surface area contributed by atoms with Crippen LogP contribution in [0.1, 0.15) is 38.8 Å². The van der Waals surface area contributed by atoms with Crippen LogP contribution in [0.25, 0.3) is 0 Å². The first-order valence-corrected chi connectivity index (χ1v) is 9.96. The fourth-order valence-electron chi connectivity index (χ4n) is 2.33. The largest absolute Gasteiger partial charge is 0.325 e. The monoisotopic (exact) mass is 377 g/mol. The van der Waals surface area contributed by atoms with Crippen molar-refractivity contribution >= 4 is 34.0 Å². The molecule has 0 radical (unpaired) electrons. The van der Waals surface area contributed by atoms with E-state index in [-0.39, 0.29) is 11.3 Å². The molecule has 0 heterocycles. The number of anilines is 1. The Balaban J connectivity index is 1.98. The SMILES string of the molecule is C[C@@H](C(=O)Nc1ccc(C(C)(C)C)cc1)[S@](=O)Cc1cccc(Cl)c1. The Kier molecular flexibility index (Phi) is 6.42. The standard InChI is InChI=1S/C20H24ClNO2S/c1-14(25(24)13-15-6-5-7-17(21)12-15)19(23)22-18-10-8-16(9-11-18)20(2,3)4/h5-12,14H,13H2,1-4H3,(H,22,23)/t14-,25+/m0/s1. The molecule has 2 aromatic carbocycles. The van der Waals surface area contributed by atoms with Gasteiger partial charge in [0.05, 0.1) is 0 Å². The maximum absolute atomic E-state index is 12.4. The molecule has 0 saturated heterocycles. The molecule has 0 fully saturated rings. The molecule has 0 bridgehead atoms. The van der Waals surface area contributed by atoms with Crippen molar-refractivity contribution in [2.45, 2.75) is 44.1 Å². The van der Waals surface area contributed by atoms with Gasteiger partial charge in [0.2, 0.25) is 5.91 Å². The van der Waals surface area contributed by atoms with E-state index in [9.17, 15) is 9.00 Å². The maximum atomic E-state index is 12.4. The lowest BCUT2D eigenvalue weighted by atomic mass is 9.87. The topological polar surface area (TPSA) is 46.2 Å². The highest BCUT2D eigenvalue weighted by Crippen LogP contribution is 2.23. The van der Waals surface area contributed by atoms with Crippen molar-refractivity contribution in [3.05, 3.63) is 64.7 Å². The summed E-state index contributed by atoms with van der Waals surface area (Å²) in [5.74, 6) is 0.0573. The molecule has 25 heavy (non-hydrogen) atoms. The number of halogens is 1. The predicted octanol–water partition coefficient (Wildman–Crippen LogP) is 4.91. The van der Waals surface area contributed by atoms with Gasteiger partial charge in [0, 0.05) is 27.3 Å². The van der Waals surface area contributed by atoms with Crippen LogP contribution in [0.5, 0.6) is 0 Å². The Morgan fingerprint density at radius 2 is 1.80 bits per heavy atom. The van der Waals surface area contributed by atoms with Crippen LogP contribution in [0.15, 0.2) is 48.5 Å². The first kappa shape index (κ1) is 19.7. The molecule has 0 aromatic heterocycles. The molecule has 2 atom stereocenters. The summed E-state index contributed by atoms with van der Waals surface area (Å²) in [6, 6.07) is 15.0. The van der Waals surface area contributed by atoms with Gasteiger partial charge in [-0.25, -0.2) is 0 Å². The maximum Gasteiger partial charge on any atom is 0.239 e. The number of benzene rings is 2. The lowest BCUT2D eigenvalue weighted by Gasteiger charge is -2.19. The molecular formula is C20H24ClNO2S. The average Bonchev–Trinajstić information content (AvgIpc) is 2.53. The van der Waals surface area contributed by atoms with E-state index in [0.717, 1.165) is 5.56 Å². The van der Waals surface area contributed by atoms with E-state index in [0.29, 0.717) is 16.5 Å². The Hall–Kier alpha value is -1.65. The molecule has 0 aliphatic rings. The molecule has 0 aliphatic heterocycles. The lowest BCUT2D eigenvalue weighted by Crippen LogP contribution is -2.29. The fraction of sp³-hybridized carbons (Fsp3) is 0.350. The van der Waals surface area contributed by atoms with Crippen LogP contribution in [-0.4, -0.2) is 15.4 Å². The second-order valence-electron chi connectivity index (χ2n) is 7.11. The molecule has 0 aliphatic carbocycles. The highest BCUT2D eigenvalue weighted by Gasteiger charge is 2.21. The Bertz CT molecular complexity index is 766. The molecular weight excluding hydrogens is 354 g/mol. The third-order valence-corrected chi connectivity index (χ3v) is 5.84. The van der Waals surface area contributed by atoms with Gasteiger partial charge in [-0.2, -0.15) is 0 Å².